The monoisotopic (exact) mass is 200 g/mol. The molecule has 0 aliphatic rings. The Kier molecular flexibility index (Phi) is 2.83. The maximum atomic E-state index is 12.6. The van der Waals surface area contributed by atoms with Gasteiger partial charge in [0.2, 0.25) is 0 Å². The third kappa shape index (κ3) is 2.71. The molecule has 0 N–H and O–H groups in total. The molecule has 0 aliphatic carbocycles. The first kappa shape index (κ1) is 9.52. The smallest absolute Gasteiger partial charge is 0.123 e. The number of rotatable bonds is 2. The van der Waals surface area contributed by atoms with Gasteiger partial charge in [0.25, 0.3) is 0 Å². The van der Waals surface area contributed by atoms with Crippen LogP contribution in [0.15, 0.2) is 53.8 Å². The summed E-state index contributed by atoms with van der Waals surface area (Å²) < 4.78 is 12.6. The first-order chi connectivity index (χ1) is 7.34. The summed E-state index contributed by atoms with van der Waals surface area (Å²) >= 11 is 0. The Morgan fingerprint density at radius 1 is 1.13 bits per heavy atom. The molecule has 3 heteroatoms. The lowest BCUT2D eigenvalue weighted by atomic mass is 10.3. The Balaban J connectivity index is 2.15. The van der Waals surface area contributed by atoms with E-state index in [0.29, 0.717) is 0 Å². The molecule has 0 saturated heterocycles. The molecule has 0 atom stereocenters. The maximum Gasteiger partial charge on any atom is 0.123 e. The molecule has 15 heavy (non-hydrogen) atoms. The summed E-state index contributed by atoms with van der Waals surface area (Å²) in [4.78, 5) is 8.15. The van der Waals surface area contributed by atoms with Gasteiger partial charge in [0, 0.05) is 24.2 Å². The molecular formula is C12H9FN2. The van der Waals surface area contributed by atoms with Crippen molar-refractivity contribution in [1.82, 2.24) is 4.98 Å². The fourth-order valence-electron chi connectivity index (χ4n) is 1.13. The summed E-state index contributed by atoms with van der Waals surface area (Å²) in [5, 5.41) is 0. The fraction of sp³-hybridized carbons (Fsp3) is 0. The molecule has 1 heterocycles. The van der Waals surface area contributed by atoms with Gasteiger partial charge < -0.3 is 0 Å². The van der Waals surface area contributed by atoms with Crippen LogP contribution in [0.4, 0.5) is 10.1 Å². The van der Waals surface area contributed by atoms with Crippen molar-refractivity contribution in [3.8, 4) is 0 Å². The van der Waals surface area contributed by atoms with Crippen LogP contribution in [-0.2, 0) is 0 Å². The number of hydrogen-bond donors (Lipinski definition) is 0. The highest BCUT2D eigenvalue weighted by molar-refractivity contribution is 5.81. The molecular weight excluding hydrogens is 191 g/mol. The van der Waals surface area contributed by atoms with Crippen molar-refractivity contribution in [2.45, 2.75) is 0 Å². The lowest BCUT2D eigenvalue weighted by Crippen LogP contribution is -1.80. The zero-order chi connectivity index (χ0) is 10.5. The fourth-order valence-corrected chi connectivity index (χ4v) is 1.13. The highest BCUT2D eigenvalue weighted by Gasteiger charge is 1.90. The van der Waals surface area contributed by atoms with Gasteiger partial charge in [0.1, 0.15) is 5.82 Å². The Labute approximate surface area is 87.1 Å². The van der Waals surface area contributed by atoms with E-state index in [1.165, 1.54) is 12.1 Å². The van der Waals surface area contributed by atoms with Crippen LogP contribution in [0, 0.1) is 5.82 Å². The van der Waals surface area contributed by atoms with Crippen molar-refractivity contribution in [2.24, 2.45) is 4.99 Å². The molecule has 2 rings (SSSR count). The van der Waals surface area contributed by atoms with Gasteiger partial charge in [-0.1, -0.05) is 6.07 Å². The van der Waals surface area contributed by atoms with E-state index in [4.69, 9.17) is 0 Å². The predicted octanol–water partition coefficient (Wildman–Crippen LogP) is 2.97. The normalized spacial score (nSPS) is 10.7. The number of aromatic nitrogens is 1. The van der Waals surface area contributed by atoms with E-state index in [1.54, 1.807) is 30.7 Å². The summed E-state index contributed by atoms with van der Waals surface area (Å²) in [7, 11) is 0. The molecule has 0 unspecified atom stereocenters. The van der Waals surface area contributed by atoms with E-state index >= 15 is 0 Å². The SMILES string of the molecule is Fc1ccc(N=Cc2cccnc2)cc1. The van der Waals surface area contributed by atoms with Gasteiger partial charge in [-0.2, -0.15) is 0 Å². The van der Waals surface area contributed by atoms with Crippen molar-refractivity contribution in [2.75, 3.05) is 0 Å². The van der Waals surface area contributed by atoms with Gasteiger partial charge in [0.15, 0.2) is 0 Å². The van der Waals surface area contributed by atoms with E-state index in [2.05, 4.69) is 9.98 Å². The molecule has 0 amide bonds. The Morgan fingerprint density at radius 2 is 1.93 bits per heavy atom. The Morgan fingerprint density at radius 3 is 2.60 bits per heavy atom. The lowest BCUT2D eigenvalue weighted by Gasteiger charge is -1.93. The molecule has 2 aromatic rings. The highest BCUT2D eigenvalue weighted by Crippen LogP contribution is 2.11. The van der Waals surface area contributed by atoms with Gasteiger partial charge >= 0.3 is 0 Å². The molecule has 0 radical (unpaired) electrons. The minimum absolute atomic E-state index is 0.254. The predicted molar refractivity (Wildman–Crippen MR) is 57.9 cm³/mol. The van der Waals surface area contributed by atoms with E-state index in [-0.39, 0.29) is 5.82 Å². The third-order valence-corrected chi connectivity index (χ3v) is 1.87. The standard InChI is InChI=1S/C12H9FN2/c13-11-3-5-12(6-4-11)15-9-10-2-1-7-14-8-10/h1-9H. The maximum absolute atomic E-state index is 12.6. The molecule has 2 nitrogen and oxygen atoms in total. The number of benzene rings is 1. The second-order valence-corrected chi connectivity index (χ2v) is 3.02. The summed E-state index contributed by atoms with van der Waals surface area (Å²) in [6.45, 7) is 0. The average molecular weight is 200 g/mol. The van der Waals surface area contributed by atoms with Crippen LogP contribution < -0.4 is 0 Å². The lowest BCUT2D eigenvalue weighted by molar-refractivity contribution is 0.628. The molecule has 1 aromatic heterocycles. The van der Waals surface area contributed by atoms with Crippen LogP contribution in [0.1, 0.15) is 5.56 Å². The minimum Gasteiger partial charge on any atom is -0.264 e. The van der Waals surface area contributed by atoms with Gasteiger partial charge in [-0.15, -0.1) is 0 Å². The van der Waals surface area contributed by atoms with Crippen molar-refractivity contribution in [3.63, 3.8) is 0 Å². The van der Waals surface area contributed by atoms with Crippen LogP contribution in [0.5, 0.6) is 0 Å². The van der Waals surface area contributed by atoms with Crippen LogP contribution in [-0.4, -0.2) is 11.2 Å². The van der Waals surface area contributed by atoms with Crippen LogP contribution >= 0.6 is 0 Å². The van der Waals surface area contributed by atoms with E-state index in [9.17, 15) is 4.39 Å². The largest absolute Gasteiger partial charge is 0.264 e. The molecule has 1 aromatic carbocycles. The molecule has 0 aliphatic heterocycles. The van der Waals surface area contributed by atoms with E-state index < -0.39 is 0 Å². The quantitative estimate of drug-likeness (QED) is 0.684. The van der Waals surface area contributed by atoms with Gasteiger partial charge in [-0.05, 0) is 30.3 Å². The number of nitrogens with zero attached hydrogens (tertiary/aromatic N) is 2. The second-order valence-electron chi connectivity index (χ2n) is 3.02. The summed E-state index contributed by atoms with van der Waals surface area (Å²) in [5.74, 6) is -0.254. The minimum atomic E-state index is -0.254. The average Bonchev–Trinajstić information content (AvgIpc) is 2.30. The van der Waals surface area contributed by atoms with E-state index in [0.717, 1.165) is 11.3 Å². The van der Waals surface area contributed by atoms with Crippen LogP contribution in [0.3, 0.4) is 0 Å². The number of hydrogen-bond acceptors (Lipinski definition) is 2. The molecule has 74 valence electrons. The first-order valence-corrected chi connectivity index (χ1v) is 4.54. The summed E-state index contributed by atoms with van der Waals surface area (Å²) in [5.41, 5.74) is 1.64. The summed E-state index contributed by atoms with van der Waals surface area (Å²) in [6, 6.07) is 9.77. The number of pyridine rings is 1. The number of halogens is 1. The Bertz CT molecular complexity index is 449. The van der Waals surface area contributed by atoms with Gasteiger partial charge in [-0.3, -0.25) is 9.98 Å². The third-order valence-electron chi connectivity index (χ3n) is 1.87. The van der Waals surface area contributed by atoms with Crippen LogP contribution in [0.25, 0.3) is 0 Å². The van der Waals surface area contributed by atoms with Gasteiger partial charge in [0.05, 0.1) is 5.69 Å². The van der Waals surface area contributed by atoms with Crippen molar-refractivity contribution in [3.05, 3.63) is 60.2 Å². The zero-order valence-corrected chi connectivity index (χ0v) is 7.97. The topological polar surface area (TPSA) is 25.2 Å². The van der Waals surface area contributed by atoms with Gasteiger partial charge in [-0.25, -0.2) is 4.39 Å². The van der Waals surface area contributed by atoms with Crippen molar-refractivity contribution >= 4 is 11.9 Å². The molecule has 0 bridgehead atoms. The van der Waals surface area contributed by atoms with E-state index in [1.807, 2.05) is 12.1 Å². The Hall–Kier alpha value is -2.03. The number of aliphatic imine (C=N–C) groups is 1. The second kappa shape index (κ2) is 4.46. The van der Waals surface area contributed by atoms with Crippen molar-refractivity contribution in [1.29, 1.82) is 0 Å². The zero-order valence-electron chi connectivity index (χ0n) is 7.97. The summed E-state index contributed by atoms with van der Waals surface area (Å²) in [6.07, 6.45) is 5.11. The molecule has 0 spiro atoms. The van der Waals surface area contributed by atoms with Crippen LogP contribution in [0.2, 0.25) is 0 Å². The highest BCUT2D eigenvalue weighted by atomic mass is 19.1. The molecule has 0 saturated carbocycles. The van der Waals surface area contributed by atoms with Crippen molar-refractivity contribution < 1.29 is 4.39 Å². The molecule has 0 fully saturated rings. The first-order valence-electron chi connectivity index (χ1n) is 4.54.